The van der Waals surface area contributed by atoms with Crippen molar-refractivity contribution < 1.29 is 9.90 Å². The molecule has 0 atom stereocenters. The zero-order valence-electron chi connectivity index (χ0n) is 10.1. The second-order valence-electron chi connectivity index (χ2n) is 3.97. The van der Waals surface area contributed by atoms with E-state index >= 15 is 0 Å². The molecular weight excluding hydrogens is 308 g/mol. The Hall–Kier alpha value is -1.72. The number of carbonyl (C=O) groups excluding carboxylic acids is 1. The van der Waals surface area contributed by atoms with E-state index in [1.165, 1.54) is 0 Å². The SMILES string of the molecule is O=C(Nc1ccc(CCO)cc1)c1cccc(Br)n1. The number of nitrogens with zero attached hydrogens (tertiary/aromatic N) is 1. The third-order valence-corrected chi connectivity index (χ3v) is 3.00. The molecule has 0 aliphatic rings. The van der Waals surface area contributed by atoms with Crippen LogP contribution >= 0.6 is 15.9 Å². The van der Waals surface area contributed by atoms with Gasteiger partial charge in [0.2, 0.25) is 0 Å². The number of halogens is 1. The number of carbonyl (C=O) groups is 1. The molecule has 2 aromatic rings. The maximum Gasteiger partial charge on any atom is 0.274 e. The maximum absolute atomic E-state index is 11.9. The normalized spacial score (nSPS) is 10.2. The Kier molecular flexibility index (Phi) is 4.65. The highest BCUT2D eigenvalue weighted by Gasteiger charge is 2.07. The van der Waals surface area contributed by atoms with Gasteiger partial charge in [-0.1, -0.05) is 18.2 Å². The maximum atomic E-state index is 11.9. The highest BCUT2D eigenvalue weighted by atomic mass is 79.9. The fourth-order valence-corrected chi connectivity index (χ4v) is 1.96. The fourth-order valence-electron chi connectivity index (χ4n) is 1.61. The van der Waals surface area contributed by atoms with Crippen LogP contribution in [-0.2, 0) is 6.42 Å². The number of pyridine rings is 1. The van der Waals surface area contributed by atoms with E-state index in [2.05, 4.69) is 26.2 Å². The minimum atomic E-state index is -0.254. The van der Waals surface area contributed by atoms with Crippen molar-refractivity contribution in [1.82, 2.24) is 4.98 Å². The molecule has 1 amide bonds. The van der Waals surface area contributed by atoms with Crippen LogP contribution in [0.25, 0.3) is 0 Å². The van der Waals surface area contributed by atoms with Crippen molar-refractivity contribution in [1.29, 1.82) is 0 Å². The van der Waals surface area contributed by atoms with E-state index in [-0.39, 0.29) is 12.5 Å². The van der Waals surface area contributed by atoms with Gasteiger partial charge < -0.3 is 10.4 Å². The molecular formula is C14H13BrN2O2. The lowest BCUT2D eigenvalue weighted by Gasteiger charge is -2.06. The van der Waals surface area contributed by atoms with E-state index in [1.54, 1.807) is 30.3 Å². The van der Waals surface area contributed by atoms with E-state index in [0.717, 1.165) is 5.56 Å². The van der Waals surface area contributed by atoms with Crippen molar-refractivity contribution in [3.63, 3.8) is 0 Å². The largest absolute Gasteiger partial charge is 0.396 e. The molecule has 98 valence electrons. The Balaban J connectivity index is 2.06. The zero-order chi connectivity index (χ0) is 13.7. The number of amides is 1. The number of aliphatic hydroxyl groups is 1. The van der Waals surface area contributed by atoms with Crippen LogP contribution in [0.4, 0.5) is 5.69 Å². The van der Waals surface area contributed by atoms with Gasteiger partial charge in [-0.05, 0) is 52.2 Å². The van der Waals surface area contributed by atoms with E-state index < -0.39 is 0 Å². The van der Waals surface area contributed by atoms with E-state index in [1.807, 2.05) is 12.1 Å². The highest BCUT2D eigenvalue weighted by Crippen LogP contribution is 2.12. The number of aromatic nitrogens is 1. The molecule has 0 fully saturated rings. The van der Waals surface area contributed by atoms with Gasteiger partial charge in [0.05, 0.1) is 0 Å². The quantitative estimate of drug-likeness (QED) is 0.851. The minimum absolute atomic E-state index is 0.119. The summed E-state index contributed by atoms with van der Waals surface area (Å²) in [6.07, 6.45) is 0.613. The van der Waals surface area contributed by atoms with Gasteiger partial charge in [-0.25, -0.2) is 4.98 Å². The number of rotatable bonds is 4. The van der Waals surface area contributed by atoms with Crippen molar-refractivity contribution >= 4 is 27.5 Å². The van der Waals surface area contributed by atoms with Crippen molar-refractivity contribution in [3.8, 4) is 0 Å². The van der Waals surface area contributed by atoms with Crippen molar-refractivity contribution in [3.05, 3.63) is 58.3 Å². The van der Waals surface area contributed by atoms with Gasteiger partial charge in [0.1, 0.15) is 10.3 Å². The Bertz CT molecular complexity index is 570. The lowest BCUT2D eigenvalue weighted by molar-refractivity contribution is 0.102. The van der Waals surface area contributed by atoms with E-state index in [9.17, 15) is 4.79 Å². The molecule has 2 rings (SSSR count). The predicted octanol–water partition coefficient (Wildman–Crippen LogP) is 2.63. The summed E-state index contributed by atoms with van der Waals surface area (Å²) in [5, 5.41) is 11.6. The molecule has 19 heavy (non-hydrogen) atoms. The smallest absolute Gasteiger partial charge is 0.274 e. The predicted molar refractivity (Wildman–Crippen MR) is 77.1 cm³/mol. The lowest BCUT2D eigenvalue weighted by atomic mass is 10.1. The highest BCUT2D eigenvalue weighted by molar-refractivity contribution is 9.10. The Morgan fingerprint density at radius 1 is 1.21 bits per heavy atom. The van der Waals surface area contributed by atoms with Crippen LogP contribution in [0.15, 0.2) is 47.1 Å². The second-order valence-corrected chi connectivity index (χ2v) is 4.78. The molecule has 1 aromatic carbocycles. The molecule has 1 heterocycles. The Labute approximate surface area is 119 Å². The molecule has 1 aromatic heterocycles. The van der Waals surface area contributed by atoms with Crippen LogP contribution in [-0.4, -0.2) is 22.6 Å². The van der Waals surface area contributed by atoms with Crippen molar-refractivity contribution in [2.24, 2.45) is 0 Å². The average Bonchev–Trinajstić information content (AvgIpc) is 2.41. The van der Waals surface area contributed by atoms with Crippen LogP contribution < -0.4 is 5.32 Å². The van der Waals surface area contributed by atoms with Crippen LogP contribution in [0.1, 0.15) is 16.1 Å². The van der Waals surface area contributed by atoms with Gasteiger partial charge in [0.25, 0.3) is 5.91 Å². The van der Waals surface area contributed by atoms with Crippen molar-refractivity contribution in [2.75, 3.05) is 11.9 Å². The summed E-state index contributed by atoms with van der Waals surface area (Å²) in [7, 11) is 0. The van der Waals surface area contributed by atoms with Crippen molar-refractivity contribution in [2.45, 2.75) is 6.42 Å². The van der Waals surface area contributed by atoms with E-state index in [4.69, 9.17) is 5.11 Å². The lowest BCUT2D eigenvalue weighted by Crippen LogP contribution is -2.13. The van der Waals surface area contributed by atoms with Gasteiger partial charge in [0, 0.05) is 12.3 Å². The molecule has 0 unspecified atom stereocenters. The minimum Gasteiger partial charge on any atom is -0.396 e. The summed E-state index contributed by atoms with van der Waals surface area (Å²) in [6.45, 7) is 0.119. The summed E-state index contributed by atoms with van der Waals surface area (Å²) in [4.78, 5) is 16.0. The topological polar surface area (TPSA) is 62.2 Å². The summed E-state index contributed by atoms with van der Waals surface area (Å²) in [5.41, 5.74) is 2.09. The molecule has 0 aliphatic carbocycles. The first-order valence-electron chi connectivity index (χ1n) is 5.83. The first-order valence-corrected chi connectivity index (χ1v) is 6.62. The summed E-state index contributed by atoms with van der Waals surface area (Å²) in [6, 6.07) is 12.5. The molecule has 0 spiro atoms. The van der Waals surface area contributed by atoms with Crippen LogP contribution in [0, 0.1) is 0 Å². The number of nitrogens with one attached hydrogen (secondary N) is 1. The van der Waals surface area contributed by atoms with E-state index in [0.29, 0.717) is 22.4 Å². The number of hydrogen-bond donors (Lipinski definition) is 2. The number of hydrogen-bond acceptors (Lipinski definition) is 3. The molecule has 4 nitrogen and oxygen atoms in total. The Morgan fingerprint density at radius 3 is 2.58 bits per heavy atom. The summed E-state index contributed by atoms with van der Waals surface area (Å²) >= 11 is 3.23. The fraction of sp³-hybridized carbons (Fsp3) is 0.143. The summed E-state index contributed by atoms with van der Waals surface area (Å²) < 4.78 is 0.624. The second kappa shape index (κ2) is 6.45. The third-order valence-electron chi connectivity index (χ3n) is 2.56. The molecule has 0 bridgehead atoms. The van der Waals surface area contributed by atoms with Gasteiger partial charge in [-0.3, -0.25) is 4.79 Å². The molecule has 0 saturated heterocycles. The average molecular weight is 321 g/mol. The van der Waals surface area contributed by atoms with Crippen LogP contribution in [0.2, 0.25) is 0 Å². The zero-order valence-corrected chi connectivity index (χ0v) is 11.7. The number of aliphatic hydroxyl groups excluding tert-OH is 1. The standard InChI is InChI=1S/C14H13BrN2O2/c15-13-3-1-2-12(17-13)14(19)16-11-6-4-10(5-7-11)8-9-18/h1-7,18H,8-9H2,(H,16,19). The first kappa shape index (κ1) is 13.7. The van der Waals surface area contributed by atoms with Gasteiger partial charge in [0.15, 0.2) is 0 Å². The van der Waals surface area contributed by atoms with Gasteiger partial charge in [-0.15, -0.1) is 0 Å². The van der Waals surface area contributed by atoms with Gasteiger partial charge >= 0.3 is 0 Å². The third kappa shape index (κ3) is 3.87. The summed E-state index contributed by atoms with van der Waals surface area (Å²) in [5.74, 6) is -0.254. The number of benzene rings is 1. The molecule has 0 saturated carbocycles. The van der Waals surface area contributed by atoms with Crippen LogP contribution in [0.5, 0.6) is 0 Å². The van der Waals surface area contributed by atoms with Crippen LogP contribution in [0.3, 0.4) is 0 Å². The molecule has 0 aliphatic heterocycles. The monoisotopic (exact) mass is 320 g/mol. The first-order chi connectivity index (χ1) is 9.19. The number of anilines is 1. The molecule has 5 heteroatoms. The Morgan fingerprint density at radius 2 is 1.95 bits per heavy atom. The molecule has 2 N–H and O–H groups in total. The molecule has 0 radical (unpaired) electrons. The van der Waals surface area contributed by atoms with Gasteiger partial charge in [-0.2, -0.15) is 0 Å².